The summed E-state index contributed by atoms with van der Waals surface area (Å²) in [6, 6.07) is 3.12. The molecule has 2 heterocycles. The third kappa shape index (κ3) is 2.93. The van der Waals surface area contributed by atoms with Crippen LogP contribution in [0.5, 0.6) is 0 Å². The number of carbonyl (C=O) groups excluding carboxylic acids is 2. The third-order valence-electron chi connectivity index (χ3n) is 3.20. The first-order valence-corrected chi connectivity index (χ1v) is 6.51. The van der Waals surface area contributed by atoms with Gasteiger partial charge in [-0.3, -0.25) is 9.59 Å². The average molecular weight is 270 g/mol. The minimum absolute atomic E-state index is 0.00683. The lowest BCUT2D eigenvalue weighted by Gasteiger charge is -2.34. The molecule has 0 aromatic carbocycles. The molecule has 1 saturated heterocycles. The van der Waals surface area contributed by atoms with Gasteiger partial charge in [0.05, 0.1) is 0 Å². The van der Waals surface area contributed by atoms with Gasteiger partial charge in [-0.2, -0.15) is 0 Å². The Labute approximate surface area is 111 Å². The van der Waals surface area contributed by atoms with Crippen molar-refractivity contribution in [1.82, 2.24) is 4.90 Å². The smallest absolute Gasteiger partial charge is 0.289 e. The molecule has 2 rings (SSSR count). The van der Waals surface area contributed by atoms with Gasteiger partial charge in [-0.05, 0) is 49.9 Å². The fourth-order valence-electron chi connectivity index (χ4n) is 2.38. The SMILES string of the molecule is CC(=O)CC1CCCCN1C(=O)c1ccc(Cl)o1. The molecule has 0 bridgehead atoms. The van der Waals surface area contributed by atoms with Crippen LogP contribution in [0.15, 0.2) is 16.5 Å². The topological polar surface area (TPSA) is 50.5 Å². The van der Waals surface area contributed by atoms with Crippen LogP contribution in [0.3, 0.4) is 0 Å². The molecule has 1 unspecified atom stereocenters. The first-order chi connectivity index (χ1) is 8.58. The Bertz CT molecular complexity index is 455. The normalized spacial score (nSPS) is 19.9. The van der Waals surface area contributed by atoms with E-state index in [-0.39, 0.29) is 28.7 Å². The number of Topliss-reactive ketones (excluding diaryl/α,β-unsaturated/α-hetero) is 1. The second-order valence-corrected chi connectivity index (χ2v) is 5.03. The largest absolute Gasteiger partial charge is 0.440 e. The summed E-state index contributed by atoms with van der Waals surface area (Å²) in [5.74, 6) is 0.181. The summed E-state index contributed by atoms with van der Waals surface area (Å²) in [6.07, 6.45) is 3.31. The van der Waals surface area contributed by atoms with E-state index in [0.717, 1.165) is 19.3 Å². The van der Waals surface area contributed by atoms with Gasteiger partial charge in [0.15, 0.2) is 11.0 Å². The number of amides is 1. The molecule has 4 nitrogen and oxygen atoms in total. The summed E-state index contributed by atoms with van der Waals surface area (Å²) in [7, 11) is 0. The van der Waals surface area contributed by atoms with E-state index in [1.807, 2.05) is 0 Å². The maximum Gasteiger partial charge on any atom is 0.289 e. The van der Waals surface area contributed by atoms with Crippen molar-refractivity contribution in [2.24, 2.45) is 0 Å². The number of nitrogens with zero attached hydrogens (tertiary/aromatic N) is 1. The van der Waals surface area contributed by atoms with E-state index in [1.165, 1.54) is 0 Å². The highest BCUT2D eigenvalue weighted by Crippen LogP contribution is 2.23. The second-order valence-electron chi connectivity index (χ2n) is 4.66. The summed E-state index contributed by atoms with van der Waals surface area (Å²) in [5.41, 5.74) is 0. The molecule has 0 saturated carbocycles. The zero-order chi connectivity index (χ0) is 13.1. The lowest BCUT2D eigenvalue weighted by molar-refractivity contribution is -0.118. The van der Waals surface area contributed by atoms with Crippen LogP contribution in [-0.4, -0.2) is 29.2 Å². The Hall–Kier alpha value is -1.29. The van der Waals surface area contributed by atoms with Crippen LogP contribution >= 0.6 is 11.6 Å². The molecule has 0 spiro atoms. The molecule has 0 aliphatic carbocycles. The van der Waals surface area contributed by atoms with Crippen LogP contribution in [0.25, 0.3) is 0 Å². The van der Waals surface area contributed by atoms with Gasteiger partial charge < -0.3 is 9.32 Å². The van der Waals surface area contributed by atoms with Crippen LogP contribution in [0.2, 0.25) is 5.22 Å². The molecular weight excluding hydrogens is 254 g/mol. The standard InChI is InChI=1S/C13H16ClNO3/c1-9(16)8-10-4-2-3-7-15(10)13(17)11-5-6-12(14)18-11/h5-6,10H,2-4,7-8H2,1H3. The average Bonchev–Trinajstić information content (AvgIpc) is 2.75. The Morgan fingerprint density at radius 3 is 2.83 bits per heavy atom. The molecule has 1 fully saturated rings. The maximum absolute atomic E-state index is 12.3. The van der Waals surface area contributed by atoms with Crippen molar-refractivity contribution in [3.05, 3.63) is 23.1 Å². The molecule has 18 heavy (non-hydrogen) atoms. The second kappa shape index (κ2) is 5.57. The number of piperidine rings is 1. The molecule has 1 aromatic heterocycles. The molecule has 1 aromatic rings. The van der Waals surface area contributed by atoms with E-state index in [4.69, 9.17) is 16.0 Å². The van der Waals surface area contributed by atoms with Crippen molar-refractivity contribution in [3.63, 3.8) is 0 Å². The Morgan fingerprint density at radius 2 is 2.22 bits per heavy atom. The molecule has 5 heteroatoms. The lowest BCUT2D eigenvalue weighted by Crippen LogP contribution is -2.44. The minimum Gasteiger partial charge on any atom is -0.440 e. The van der Waals surface area contributed by atoms with Gasteiger partial charge in [-0.1, -0.05) is 0 Å². The third-order valence-corrected chi connectivity index (χ3v) is 3.40. The first kappa shape index (κ1) is 13.1. The van der Waals surface area contributed by atoms with Crippen molar-refractivity contribution in [2.45, 2.75) is 38.6 Å². The van der Waals surface area contributed by atoms with E-state index >= 15 is 0 Å². The molecule has 1 atom stereocenters. The Morgan fingerprint density at radius 1 is 1.44 bits per heavy atom. The van der Waals surface area contributed by atoms with E-state index in [1.54, 1.807) is 24.0 Å². The molecular formula is C13H16ClNO3. The minimum atomic E-state index is -0.173. The highest BCUT2D eigenvalue weighted by Gasteiger charge is 2.29. The van der Waals surface area contributed by atoms with Crippen LogP contribution in [0, 0.1) is 0 Å². The number of likely N-dealkylation sites (tertiary alicyclic amines) is 1. The molecule has 1 aliphatic rings. The number of furan rings is 1. The predicted octanol–water partition coefficient (Wildman–Crippen LogP) is 2.91. The highest BCUT2D eigenvalue weighted by molar-refractivity contribution is 6.29. The summed E-state index contributed by atoms with van der Waals surface area (Å²) >= 11 is 5.67. The Kier molecular flexibility index (Phi) is 4.07. The number of halogens is 1. The molecule has 0 radical (unpaired) electrons. The summed E-state index contributed by atoms with van der Waals surface area (Å²) in [4.78, 5) is 25.2. The van der Waals surface area contributed by atoms with E-state index in [0.29, 0.717) is 13.0 Å². The van der Waals surface area contributed by atoms with Crippen molar-refractivity contribution in [3.8, 4) is 0 Å². The predicted molar refractivity (Wildman–Crippen MR) is 67.7 cm³/mol. The summed E-state index contributed by atoms with van der Waals surface area (Å²) in [5, 5.41) is 0.207. The number of carbonyl (C=O) groups is 2. The lowest BCUT2D eigenvalue weighted by atomic mass is 9.97. The van der Waals surface area contributed by atoms with Gasteiger partial charge in [0, 0.05) is 19.0 Å². The quantitative estimate of drug-likeness (QED) is 0.848. The molecule has 0 N–H and O–H groups in total. The summed E-state index contributed by atoms with van der Waals surface area (Å²) in [6.45, 7) is 2.23. The van der Waals surface area contributed by atoms with Crippen molar-refractivity contribution < 1.29 is 14.0 Å². The fraction of sp³-hybridized carbons (Fsp3) is 0.538. The van der Waals surface area contributed by atoms with Crippen LogP contribution < -0.4 is 0 Å². The van der Waals surface area contributed by atoms with Crippen LogP contribution in [-0.2, 0) is 4.79 Å². The van der Waals surface area contributed by atoms with Gasteiger partial charge in [0.1, 0.15) is 5.78 Å². The monoisotopic (exact) mass is 269 g/mol. The van der Waals surface area contributed by atoms with Crippen molar-refractivity contribution in [2.75, 3.05) is 6.54 Å². The molecule has 1 aliphatic heterocycles. The van der Waals surface area contributed by atoms with Gasteiger partial charge >= 0.3 is 0 Å². The summed E-state index contributed by atoms with van der Waals surface area (Å²) < 4.78 is 5.14. The van der Waals surface area contributed by atoms with Crippen LogP contribution in [0.1, 0.15) is 43.2 Å². The van der Waals surface area contributed by atoms with Crippen molar-refractivity contribution in [1.29, 1.82) is 0 Å². The number of rotatable bonds is 3. The van der Waals surface area contributed by atoms with Gasteiger partial charge in [0.2, 0.25) is 0 Å². The molecule has 1 amide bonds. The van der Waals surface area contributed by atoms with E-state index in [2.05, 4.69) is 0 Å². The zero-order valence-electron chi connectivity index (χ0n) is 10.3. The van der Waals surface area contributed by atoms with Gasteiger partial charge in [-0.15, -0.1) is 0 Å². The number of hydrogen-bond donors (Lipinski definition) is 0. The highest BCUT2D eigenvalue weighted by atomic mass is 35.5. The van der Waals surface area contributed by atoms with E-state index in [9.17, 15) is 9.59 Å². The van der Waals surface area contributed by atoms with Gasteiger partial charge in [-0.25, -0.2) is 0 Å². The number of ketones is 1. The van der Waals surface area contributed by atoms with Gasteiger partial charge in [0.25, 0.3) is 5.91 Å². The van der Waals surface area contributed by atoms with Crippen LogP contribution in [0.4, 0.5) is 0 Å². The molecule has 98 valence electrons. The number of hydrogen-bond acceptors (Lipinski definition) is 3. The Balaban J connectivity index is 2.13. The van der Waals surface area contributed by atoms with Crippen molar-refractivity contribution >= 4 is 23.3 Å². The zero-order valence-corrected chi connectivity index (χ0v) is 11.1. The first-order valence-electron chi connectivity index (χ1n) is 6.13. The van der Waals surface area contributed by atoms with E-state index < -0.39 is 0 Å². The maximum atomic E-state index is 12.3. The fourth-order valence-corrected chi connectivity index (χ4v) is 2.53.